The molecule has 3 aromatic carbocycles. The van der Waals surface area contributed by atoms with Gasteiger partial charge in [0.15, 0.2) is 0 Å². The van der Waals surface area contributed by atoms with Crippen molar-refractivity contribution in [3.05, 3.63) is 94.4 Å². The number of aryl methyl sites for hydroxylation is 1. The van der Waals surface area contributed by atoms with Crippen molar-refractivity contribution in [1.82, 2.24) is 14.6 Å². The van der Waals surface area contributed by atoms with Gasteiger partial charge in [0.05, 0.1) is 16.6 Å². The molecule has 0 saturated heterocycles. The predicted molar refractivity (Wildman–Crippen MR) is 133 cm³/mol. The van der Waals surface area contributed by atoms with E-state index in [1.165, 1.54) is 0 Å². The number of aromatic amines is 1. The lowest BCUT2D eigenvalue weighted by atomic mass is 10.1. The molecule has 0 spiro atoms. The highest BCUT2D eigenvalue weighted by Gasteiger charge is 2.17. The highest BCUT2D eigenvalue weighted by Crippen LogP contribution is 2.31. The van der Waals surface area contributed by atoms with Gasteiger partial charge in [0, 0.05) is 29.8 Å². The van der Waals surface area contributed by atoms with Crippen molar-refractivity contribution >= 4 is 21.9 Å². The van der Waals surface area contributed by atoms with Crippen LogP contribution in [0.4, 0.5) is 0 Å². The summed E-state index contributed by atoms with van der Waals surface area (Å²) in [6, 6.07) is 21.9. The van der Waals surface area contributed by atoms with Gasteiger partial charge < -0.3 is 15.1 Å². The largest absolute Gasteiger partial charge is 0.489 e. The molecule has 5 rings (SSSR count). The molecule has 33 heavy (non-hydrogen) atoms. The average Bonchev–Trinajstić information content (AvgIpc) is 3.20. The van der Waals surface area contributed by atoms with Gasteiger partial charge in [0.1, 0.15) is 18.1 Å². The van der Waals surface area contributed by atoms with Gasteiger partial charge in [-0.25, -0.2) is 4.98 Å². The zero-order valence-electron chi connectivity index (χ0n) is 18.8. The van der Waals surface area contributed by atoms with E-state index in [0.717, 1.165) is 57.3 Å². The van der Waals surface area contributed by atoms with Crippen molar-refractivity contribution < 1.29 is 4.74 Å². The summed E-state index contributed by atoms with van der Waals surface area (Å²) >= 11 is 0. The van der Waals surface area contributed by atoms with Crippen LogP contribution in [0.15, 0.2) is 77.7 Å². The molecule has 166 valence electrons. The Morgan fingerprint density at radius 1 is 1.06 bits per heavy atom. The number of nitrogens with one attached hydrogen (secondary N) is 2. The second kappa shape index (κ2) is 8.82. The fourth-order valence-corrected chi connectivity index (χ4v) is 4.02. The Morgan fingerprint density at radius 3 is 2.73 bits per heavy atom. The number of H-pyrrole nitrogens is 1. The number of rotatable bonds is 7. The third kappa shape index (κ3) is 4.07. The Balaban J connectivity index is 1.59. The molecule has 5 aromatic rings. The topological polar surface area (TPSA) is 71.9 Å². The molecule has 6 heteroatoms. The zero-order valence-corrected chi connectivity index (χ0v) is 18.8. The van der Waals surface area contributed by atoms with Crippen LogP contribution in [0.3, 0.4) is 0 Å². The van der Waals surface area contributed by atoms with Crippen LogP contribution in [0.25, 0.3) is 33.2 Å². The number of para-hydroxylation sites is 1. The molecule has 2 N–H and O–H groups in total. The van der Waals surface area contributed by atoms with Crippen molar-refractivity contribution in [3.8, 4) is 17.0 Å². The summed E-state index contributed by atoms with van der Waals surface area (Å²) in [7, 11) is 0. The third-order valence-electron chi connectivity index (χ3n) is 5.75. The van der Waals surface area contributed by atoms with Gasteiger partial charge in [-0.2, -0.15) is 0 Å². The maximum Gasteiger partial charge on any atom is 0.275 e. The van der Waals surface area contributed by atoms with Gasteiger partial charge in [0.2, 0.25) is 0 Å². The highest BCUT2D eigenvalue weighted by atomic mass is 16.5. The first-order chi connectivity index (χ1) is 16.1. The Kier molecular flexibility index (Phi) is 5.57. The summed E-state index contributed by atoms with van der Waals surface area (Å²) in [5.74, 6) is 0.770. The molecule has 6 nitrogen and oxygen atoms in total. The first-order valence-electron chi connectivity index (χ1n) is 11.2. The maximum atomic E-state index is 13.0. The van der Waals surface area contributed by atoms with Gasteiger partial charge in [-0.3, -0.25) is 9.47 Å². The van der Waals surface area contributed by atoms with E-state index in [0.29, 0.717) is 12.3 Å². The summed E-state index contributed by atoms with van der Waals surface area (Å²) in [6.07, 6.45) is 2.92. The molecule has 0 atom stereocenters. The summed E-state index contributed by atoms with van der Waals surface area (Å²) in [5, 5.41) is 0.940. The van der Waals surface area contributed by atoms with Crippen LogP contribution in [-0.4, -0.2) is 21.2 Å². The van der Waals surface area contributed by atoms with Crippen LogP contribution in [-0.2, 0) is 6.61 Å². The number of fused-ring (bicyclic) bond motifs is 2. The van der Waals surface area contributed by atoms with E-state index in [1.807, 2.05) is 84.5 Å². The van der Waals surface area contributed by atoms with Gasteiger partial charge in [0.25, 0.3) is 5.56 Å². The van der Waals surface area contributed by atoms with Gasteiger partial charge in [-0.15, -0.1) is 0 Å². The van der Waals surface area contributed by atoms with Crippen molar-refractivity contribution in [1.29, 1.82) is 0 Å². The average molecular weight is 439 g/mol. The van der Waals surface area contributed by atoms with Gasteiger partial charge in [-0.05, 0) is 42.7 Å². The summed E-state index contributed by atoms with van der Waals surface area (Å²) in [6.45, 7) is 5.38. The SMILES string of the molecule is CCCNn1cc(-c2nc3cccc(C)c3[nH]c2=O)c2ccc(OCc3ccccc3)cc21. The van der Waals surface area contributed by atoms with E-state index in [4.69, 9.17) is 9.72 Å². The number of hydrogen-bond acceptors (Lipinski definition) is 4. The number of nitrogens with zero attached hydrogens (tertiary/aromatic N) is 2. The Hall–Kier alpha value is -4.06. The molecule has 0 bridgehead atoms. The van der Waals surface area contributed by atoms with Crippen molar-refractivity contribution in [3.63, 3.8) is 0 Å². The molecule has 0 unspecified atom stereocenters. The van der Waals surface area contributed by atoms with E-state index < -0.39 is 0 Å². The van der Waals surface area contributed by atoms with Crippen LogP contribution in [0, 0.1) is 6.92 Å². The molecule has 0 aliphatic carbocycles. The molecule has 0 radical (unpaired) electrons. The molecule has 0 aliphatic heterocycles. The minimum atomic E-state index is -0.198. The quantitative estimate of drug-likeness (QED) is 0.358. The molecule has 2 aromatic heterocycles. The molecule has 0 amide bonds. The summed E-state index contributed by atoms with van der Waals surface area (Å²) in [5.41, 5.74) is 9.01. The highest BCUT2D eigenvalue weighted by molar-refractivity contribution is 5.96. The fourth-order valence-electron chi connectivity index (χ4n) is 4.02. The minimum absolute atomic E-state index is 0.198. The summed E-state index contributed by atoms with van der Waals surface area (Å²) < 4.78 is 8.01. The molecule has 0 aliphatic rings. The fraction of sp³-hybridized carbons (Fsp3) is 0.185. The lowest BCUT2D eigenvalue weighted by molar-refractivity contribution is 0.306. The predicted octanol–water partition coefficient (Wildman–Crippen LogP) is 5.39. The van der Waals surface area contributed by atoms with Gasteiger partial charge in [-0.1, -0.05) is 49.4 Å². The van der Waals surface area contributed by atoms with Crippen LogP contribution >= 0.6 is 0 Å². The second-order valence-electron chi connectivity index (χ2n) is 8.16. The molecule has 2 heterocycles. The summed E-state index contributed by atoms with van der Waals surface area (Å²) in [4.78, 5) is 20.8. The van der Waals surface area contributed by atoms with Crippen molar-refractivity contribution in [2.75, 3.05) is 12.0 Å². The van der Waals surface area contributed by atoms with E-state index >= 15 is 0 Å². The molecular formula is C27H26N4O2. The standard InChI is InChI=1S/C27H26N4O2/c1-3-14-28-31-16-22(26-27(32)30-25-18(2)8-7-11-23(25)29-26)21-13-12-20(15-24(21)31)33-17-19-9-5-4-6-10-19/h4-13,15-16,28H,3,14,17H2,1-2H3,(H,30,32). The van der Waals surface area contributed by atoms with E-state index in [1.54, 1.807) is 0 Å². The van der Waals surface area contributed by atoms with Crippen molar-refractivity contribution in [2.45, 2.75) is 26.9 Å². The Morgan fingerprint density at radius 2 is 1.91 bits per heavy atom. The van der Waals surface area contributed by atoms with Crippen LogP contribution in [0.2, 0.25) is 0 Å². The first-order valence-corrected chi connectivity index (χ1v) is 11.2. The lowest BCUT2D eigenvalue weighted by Crippen LogP contribution is -2.14. The minimum Gasteiger partial charge on any atom is -0.489 e. The zero-order chi connectivity index (χ0) is 22.8. The first kappa shape index (κ1) is 20.8. The molecule has 0 fully saturated rings. The number of ether oxygens (including phenoxy) is 1. The Bertz CT molecular complexity index is 1490. The third-order valence-corrected chi connectivity index (χ3v) is 5.75. The Labute approximate surface area is 191 Å². The molecule has 0 saturated carbocycles. The number of aromatic nitrogens is 3. The van der Waals surface area contributed by atoms with Crippen molar-refractivity contribution in [2.24, 2.45) is 0 Å². The van der Waals surface area contributed by atoms with E-state index in [2.05, 4.69) is 17.3 Å². The monoisotopic (exact) mass is 438 g/mol. The van der Waals surface area contributed by atoms with Crippen LogP contribution < -0.4 is 15.7 Å². The van der Waals surface area contributed by atoms with E-state index in [-0.39, 0.29) is 5.56 Å². The van der Waals surface area contributed by atoms with E-state index in [9.17, 15) is 4.79 Å². The normalized spacial score (nSPS) is 11.2. The number of benzene rings is 3. The van der Waals surface area contributed by atoms with Crippen LogP contribution in [0.1, 0.15) is 24.5 Å². The second-order valence-corrected chi connectivity index (χ2v) is 8.16. The maximum absolute atomic E-state index is 13.0. The smallest absolute Gasteiger partial charge is 0.275 e. The number of hydrogen-bond donors (Lipinski definition) is 2. The van der Waals surface area contributed by atoms with Crippen LogP contribution in [0.5, 0.6) is 5.75 Å². The van der Waals surface area contributed by atoms with Gasteiger partial charge >= 0.3 is 0 Å². The lowest BCUT2D eigenvalue weighted by Gasteiger charge is -2.10. The molecular weight excluding hydrogens is 412 g/mol.